The zero-order chi connectivity index (χ0) is 15.8. The highest BCUT2D eigenvalue weighted by Gasteiger charge is 2.16. The van der Waals surface area contributed by atoms with Gasteiger partial charge in [0.2, 0.25) is 5.91 Å². The summed E-state index contributed by atoms with van der Waals surface area (Å²) < 4.78 is 5.30. The minimum Gasteiger partial charge on any atom is -0.378 e. The van der Waals surface area contributed by atoms with Crippen molar-refractivity contribution in [3.05, 3.63) is 35.4 Å². The van der Waals surface area contributed by atoms with Crippen LogP contribution in [0.3, 0.4) is 0 Å². The van der Waals surface area contributed by atoms with Crippen molar-refractivity contribution in [1.29, 1.82) is 0 Å². The molecular weight excluding hydrogens is 282 g/mol. The topological polar surface area (TPSA) is 79.5 Å². The third-order valence-corrected chi connectivity index (χ3v) is 3.44. The Morgan fingerprint density at radius 2 is 2.14 bits per heavy atom. The van der Waals surface area contributed by atoms with Crippen LogP contribution in [-0.2, 0) is 9.53 Å². The van der Waals surface area contributed by atoms with Gasteiger partial charge in [-0.2, -0.15) is 0 Å². The van der Waals surface area contributed by atoms with Gasteiger partial charge >= 0.3 is 0 Å². The van der Waals surface area contributed by atoms with E-state index in [9.17, 15) is 9.59 Å². The highest BCUT2D eigenvalue weighted by atomic mass is 16.5. The fourth-order valence-corrected chi connectivity index (χ4v) is 2.31. The standard InChI is InChI=1S/C16H23N3O3/c1-12-3-2-4-13(9-12)16(21)19-6-5-18-15(20)10-14-11-22-8-7-17-14/h2-4,9,14,17H,5-8,10-11H2,1H3,(H,18,20)(H,19,21). The van der Waals surface area contributed by atoms with Gasteiger partial charge in [0.1, 0.15) is 0 Å². The Morgan fingerprint density at radius 1 is 1.32 bits per heavy atom. The van der Waals surface area contributed by atoms with E-state index < -0.39 is 0 Å². The SMILES string of the molecule is Cc1cccc(C(=O)NCCNC(=O)CC2COCCN2)c1. The first kappa shape index (κ1) is 16.5. The fourth-order valence-electron chi connectivity index (χ4n) is 2.31. The number of hydrogen-bond acceptors (Lipinski definition) is 4. The first-order valence-electron chi connectivity index (χ1n) is 7.58. The lowest BCUT2D eigenvalue weighted by molar-refractivity contribution is -0.122. The van der Waals surface area contributed by atoms with Crippen LogP contribution in [0.15, 0.2) is 24.3 Å². The highest BCUT2D eigenvalue weighted by Crippen LogP contribution is 2.03. The third-order valence-electron chi connectivity index (χ3n) is 3.44. The molecule has 1 atom stereocenters. The second-order valence-electron chi connectivity index (χ2n) is 5.41. The number of aryl methyl sites for hydroxylation is 1. The molecule has 6 nitrogen and oxygen atoms in total. The fraction of sp³-hybridized carbons (Fsp3) is 0.500. The van der Waals surface area contributed by atoms with E-state index >= 15 is 0 Å². The smallest absolute Gasteiger partial charge is 0.251 e. The van der Waals surface area contributed by atoms with E-state index in [-0.39, 0.29) is 17.9 Å². The minimum atomic E-state index is -0.125. The molecule has 1 unspecified atom stereocenters. The van der Waals surface area contributed by atoms with Gasteiger partial charge in [0.25, 0.3) is 5.91 Å². The maximum absolute atomic E-state index is 11.9. The number of benzene rings is 1. The van der Waals surface area contributed by atoms with Crippen molar-refractivity contribution in [3.8, 4) is 0 Å². The predicted molar refractivity (Wildman–Crippen MR) is 83.7 cm³/mol. The Kier molecular flexibility index (Phi) is 6.36. The number of rotatable bonds is 6. The largest absolute Gasteiger partial charge is 0.378 e. The van der Waals surface area contributed by atoms with Crippen molar-refractivity contribution in [1.82, 2.24) is 16.0 Å². The van der Waals surface area contributed by atoms with Gasteiger partial charge in [-0.25, -0.2) is 0 Å². The molecule has 2 amide bonds. The molecule has 0 aliphatic carbocycles. The molecular formula is C16H23N3O3. The summed E-state index contributed by atoms with van der Waals surface area (Å²) in [5.74, 6) is -0.159. The van der Waals surface area contributed by atoms with Gasteiger partial charge in [-0.05, 0) is 19.1 Å². The summed E-state index contributed by atoms with van der Waals surface area (Å²) in [7, 11) is 0. The molecule has 0 radical (unpaired) electrons. The predicted octanol–water partition coefficient (Wildman–Crippen LogP) is 0.220. The van der Waals surface area contributed by atoms with E-state index in [4.69, 9.17) is 4.74 Å². The van der Waals surface area contributed by atoms with Crippen molar-refractivity contribution in [2.45, 2.75) is 19.4 Å². The van der Waals surface area contributed by atoms with Crippen LogP contribution in [0.25, 0.3) is 0 Å². The summed E-state index contributed by atoms with van der Waals surface area (Å²) in [4.78, 5) is 23.7. The Balaban J connectivity index is 1.62. The molecule has 22 heavy (non-hydrogen) atoms. The Hall–Kier alpha value is -1.92. The molecule has 1 aromatic rings. The second-order valence-corrected chi connectivity index (χ2v) is 5.41. The molecule has 1 heterocycles. The molecule has 6 heteroatoms. The van der Waals surface area contributed by atoms with Gasteiger partial charge in [-0.15, -0.1) is 0 Å². The monoisotopic (exact) mass is 305 g/mol. The van der Waals surface area contributed by atoms with Crippen molar-refractivity contribution >= 4 is 11.8 Å². The van der Waals surface area contributed by atoms with Crippen LogP contribution in [0.4, 0.5) is 0 Å². The van der Waals surface area contributed by atoms with Crippen LogP contribution >= 0.6 is 0 Å². The molecule has 1 aliphatic rings. The van der Waals surface area contributed by atoms with Crippen LogP contribution in [0.2, 0.25) is 0 Å². The molecule has 3 N–H and O–H groups in total. The quantitative estimate of drug-likeness (QED) is 0.657. The summed E-state index contributed by atoms with van der Waals surface area (Å²) >= 11 is 0. The summed E-state index contributed by atoms with van der Waals surface area (Å²) in [6.07, 6.45) is 0.395. The zero-order valence-electron chi connectivity index (χ0n) is 12.9. The average molecular weight is 305 g/mol. The minimum absolute atomic E-state index is 0.0344. The van der Waals surface area contributed by atoms with Crippen LogP contribution in [0, 0.1) is 6.92 Å². The van der Waals surface area contributed by atoms with Crippen molar-refractivity contribution in [2.24, 2.45) is 0 Å². The van der Waals surface area contributed by atoms with Crippen LogP contribution < -0.4 is 16.0 Å². The van der Waals surface area contributed by atoms with Gasteiger partial charge < -0.3 is 20.7 Å². The zero-order valence-corrected chi connectivity index (χ0v) is 12.9. The van der Waals surface area contributed by atoms with Gasteiger partial charge in [0.15, 0.2) is 0 Å². The Bertz CT molecular complexity index is 513. The van der Waals surface area contributed by atoms with Crippen molar-refractivity contribution in [2.75, 3.05) is 32.8 Å². The third kappa shape index (κ3) is 5.46. The Labute approximate surface area is 130 Å². The Morgan fingerprint density at radius 3 is 2.86 bits per heavy atom. The lowest BCUT2D eigenvalue weighted by Gasteiger charge is -2.23. The normalized spacial score (nSPS) is 17.8. The summed E-state index contributed by atoms with van der Waals surface area (Å²) in [6.45, 7) is 4.82. The number of carbonyl (C=O) groups is 2. The van der Waals surface area contributed by atoms with E-state index in [1.54, 1.807) is 6.07 Å². The van der Waals surface area contributed by atoms with Gasteiger partial charge in [-0.1, -0.05) is 17.7 Å². The van der Waals surface area contributed by atoms with E-state index in [0.29, 0.717) is 38.3 Å². The molecule has 1 saturated heterocycles. The first-order chi connectivity index (χ1) is 10.6. The molecule has 2 rings (SSSR count). The van der Waals surface area contributed by atoms with Crippen molar-refractivity contribution < 1.29 is 14.3 Å². The van der Waals surface area contributed by atoms with Gasteiger partial charge in [-0.3, -0.25) is 9.59 Å². The lowest BCUT2D eigenvalue weighted by Crippen LogP contribution is -2.45. The van der Waals surface area contributed by atoms with Crippen LogP contribution in [0.5, 0.6) is 0 Å². The van der Waals surface area contributed by atoms with E-state index in [0.717, 1.165) is 12.1 Å². The van der Waals surface area contributed by atoms with Gasteiger partial charge in [0, 0.05) is 37.7 Å². The molecule has 0 spiro atoms. The molecule has 120 valence electrons. The van der Waals surface area contributed by atoms with Crippen LogP contribution in [-0.4, -0.2) is 50.7 Å². The number of nitrogens with one attached hydrogen (secondary N) is 3. The van der Waals surface area contributed by atoms with E-state index in [2.05, 4.69) is 16.0 Å². The summed E-state index contributed by atoms with van der Waals surface area (Å²) in [6, 6.07) is 7.49. The second kappa shape index (κ2) is 8.51. The first-order valence-corrected chi connectivity index (χ1v) is 7.58. The number of carbonyl (C=O) groups excluding carboxylic acids is 2. The van der Waals surface area contributed by atoms with E-state index in [1.807, 2.05) is 25.1 Å². The molecule has 0 bridgehead atoms. The molecule has 0 saturated carbocycles. The molecule has 0 aromatic heterocycles. The van der Waals surface area contributed by atoms with E-state index in [1.165, 1.54) is 0 Å². The number of amides is 2. The lowest BCUT2D eigenvalue weighted by atomic mass is 10.1. The summed E-state index contributed by atoms with van der Waals surface area (Å²) in [5.41, 5.74) is 1.68. The maximum atomic E-state index is 11.9. The number of hydrogen-bond donors (Lipinski definition) is 3. The van der Waals surface area contributed by atoms with Crippen LogP contribution in [0.1, 0.15) is 22.3 Å². The summed E-state index contributed by atoms with van der Waals surface area (Å²) in [5, 5.41) is 8.82. The number of ether oxygens (including phenoxy) is 1. The number of morpholine rings is 1. The highest BCUT2D eigenvalue weighted by molar-refractivity contribution is 5.94. The van der Waals surface area contributed by atoms with Gasteiger partial charge in [0.05, 0.1) is 13.2 Å². The van der Waals surface area contributed by atoms with Crippen molar-refractivity contribution in [3.63, 3.8) is 0 Å². The maximum Gasteiger partial charge on any atom is 0.251 e. The molecule has 1 fully saturated rings. The molecule has 1 aromatic carbocycles. The molecule has 1 aliphatic heterocycles. The average Bonchev–Trinajstić information content (AvgIpc) is 2.52.